The van der Waals surface area contributed by atoms with Gasteiger partial charge in [0.2, 0.25) is 5.91 Å². The van der Waals surface area contributed by atoms with Crippen LogP contribution in [0, 0.1) is 5.92 Å². The molecule has 3 atom stereocenters. The van der Waals surface area contributed by atoms with E-state index in [1.54, 1.807) is 0 Å². The zero-order chi connectivity index (χ0) is 15.8. The quantitative estimate of drug-likeness (QED) is 0.921. The lowest BCUT2D eigenvalue weighted by Gasteiger charge is -2.34. The third-order valence-electron chi connectivity index (χ3n) is 4.48. The van der Waals surface area contributed by atoms with E-state index in [1.807, 2.05) is 29.2 Å². The first-order valence-electron chi connectivity index (χ1n) is 7.61. The van der Waals surface area contributed by atoms with Gasteiger partial charge in [-0.1, -0.05) is 35.0 Å². The van der Waals surface area contributed by atoms with Gasteiger partial charge in [-0.25, -0.2) is 0 Å². The number of nitrogens with one attached hydrogen (secondary N) is 1. The highest BCUT2D eigenvalue weighted by atomic mass is 35.5. The van der Waals surface area contributed by atoms with Crippen LogP contribution >= 0.6 is 11.6 Å². The van der Waals surface area contributed by atoms with Gasteiger partial charge in [-0.3, -0.25) is 4.79 Å². The first-order valence-corrected chi connectivity index (χ1v) is 7.99. The molecule has 1 N–H and O–H groups in total. The van der Waals surface area contributed by atoms with E-state index >= 15 is 0 Å². The largest absolute Gasteiger partial charge is 0.377 e. The molecule has 4 rings (SSSR count). The fraction of sp³-hybridized carbons (Fsp3) is 0.467. The van der Waals surface area contributed by atoms with Gasteiger partial charge in [0.1, 0.15) is 6.04 Å². The molecule has 1 saturated carbocycles. The van der Waals surface area contributed by atoms with E-state index in [0.29, 0.717) is 25.6 Å². The van der Waals surface area contributed by atoms with Crippen LogP contribution in [0.15, 0.2) is 24.3 Å². The number of carbonyl (C=O) groups excluding carboxylic acids is 1. The maximum atomic E-state index is 12.9. The fourth-order valence-corrected chi connectivity index (χ4v) is 3.47. The molecule has 8 heteroatoms. The molecule has 1 aromatic carbocycles. The van der Waals surface area contributed by atoms with Gasteiger partial charge in [0.05, 0.1) is 13.2 Å². The molecule has 0 spiro atoms. The zero-order valence-corrected chi connectivity index (χ0v) is 13.1. The molecule has 1 saturated heterocycles. The summed E-state index contributed by atoms with van der Waals surface area (Å²) in [7, 11) is 0. The van der Waals surface area contributed by atoms with Crippen molar-refractivity contribution in [2.24, 2.45) is 5.92 Å². The van der Waals surface area contributed by atoms with Crippen molar-refractivity contribution >= 4 is 17.5 Å². The van der Waals surface area contributed by atoms with Gasteiger partial charge >= 0.3 is 0 Å². The smallest absolute Gasteiger partial charge is 0.227 e. The number of amides is 1. The molecule has 1 amide bonds. The predicted octanol–water partition coefficient (Wildman–Crippen LogP) is 1.56. The molecule has 1 aromatic heterocycles. The van der Waals surface area contributed by atoms with Crippen LogP contribution in [0.3, 0.4) is 0 Å². The predicted molar refractivity (Wildman–Crippen MR) is 81.8 cm³/mol. The molecule has 0 radical (unpaired) electrons. The monoisotopic (exact) mass is 333 g/mol. The van der Waals surface area contributed by atoms with Crippen molar-refractivity contribution < 1.29 is 9.53 Å². The molecule has 23 heavy (non-hydrogen) atoms. The van der Waals surface area contributed by atoms with Gasteiger partial charge in [-0.15, -0.1) is 10.2 Å². The van der Waals surface area contributed by atoms with E-state index in [4.69, 9.17) is 16.3 Å². The second-order valence-corrected chi connectivity index (χ2v) is 6.27. The molecule has 2 aromatic rings. The number of hydrogen-bond donors (Lipinski definition) is 1. The Morgan fingerprint density at radius 3 is 3.04 bits per heavy atom. The first-order chi connectivity index (χ1) is 11.3. The van der Waals surface area contributed by atoms with Crippen molar-refractivity contribution in [1.82, 2.24) is 25.5 Å². The van der Waals surface area contributed by atoms with Crippen molar-refractivity contribution in [2.75, 3.05) is 19.8 Å². The van der Waals surface area contributed by atoms with Crippen molar-refractivity contribution in [2.45, 2.75) is 18.4 Å². The van der Waals surface area contributed by atoms with Crippen molar-refractivity contribution in [3.63, 3.8) is 0 Å². The molecular weight excluding hydrogens is 318 g/mol. The lowest BCUT2D eigenvalue weighted by atomic mass is 10.1. The van der Waals surface area contributed by atoms with Crippen LogP contribution < -0.4 is 0 Å². The van der Waals surface area contributed by atoms with Crippen molar-refractivity contribution in [3.8, 4) is 0 Å². The SMILES string of the molecule is O=C([C@@H]1C[C@H]1c1ccccc1Cl)N1CCOCC1c1nn[nH]n1. The summed E-state index contributed by atoms with van der Waals surface area (Å²) in [5.41, 5.74) is 1.05. The number of benzene rings is 1. The van der Waals surface area contributed by atoms with E-state index < -0.39 is 0 Å². The third-order valence-corrected chi connectivity index (χ3v) is 4.83. The number of ether oxygens (including phenoxy) is 1. The van der Waals surface area contributed by atoms with Gasteiger partial charge in [-0.2, -0.15) is 5.21 Å². The summed E-state index contributed by atoms with van der Waals surface area (Å²) in [5.74, 6) is 0.786. The molecule has 2 fully saturated rings. The van der Waals surface area contributed by atoms with Gasteiger partial charge in [0, 0.05) is 17.5 Å². The molecule has 7 nitrogen and oxygen atoms in total. The second-order valence-electron chi connectivity index (χ2n) is 5.86. The van der Waals surface area contributed by atoms with Crippen LogP contribution in [0.2, 0.25) is 5.02 Å². The molecule has 1 unspecified atom stereocenters. The van der Waals surface area contributed by atoms with Gasteiger partial charge < -0.3 is 9.64 Å². The van der Waals surface area contributed by atoms with Crippen LogP contribution in [0.4, 0.5) is 0 Å². The number of aromatic nitrogens is 4. The summed E-state index contributed by atoms with van der Waals surface area (Å²) in [6.45, 7) is 1.47. The summed E-state index contributed by atoms with van der Waals surface area (Å²) < 4.78 is 5.48. The Kier molecular flexibility index (Phi) is 3.74. The zero-order valence-electron chi connectivity index (χ0n) is 12.4. The highest BCUT2D eigenvalue weighted by molar-refractivity contribution is 6.31. The lowest BCUT2D eigenvalue weighted by molar-refractivity contribution is -0.142. The van der Waals surface area contributed by atoms with Gasteiger partial charge in [0.15, 0.2) is 5.82 Å². The van der Waals surface area contributed by atoms with Crippen LogP contribution in [-0.4, -0.2) is 51.2 Å². The maximum absolute atomic E-state index is 12.9. The van der Waals surface area contributed by atoms with Gasteiger partial charge in [-0.05, 0) is 24.0 Å². The number of rotatable bonds is 3. The lowest BCUT2D eigenvalue weighted by Crippen LogP contribution is -2.44. The van der Waals surface area contributed by atoms with E-state index in [2.05, 4.69) is 20.6 Å². The minimum Gasteiger partial charge on any atom is -0.377 e. The van der Waals surface area contributed by atoms with Crippen LogP contribution in [-0.2, 0) is 9.53 Å². The molecule has 2 heterocycles. The summed E-state index contributed by atoms with van der Waals surface area (Å²) in [4.78, 5) is 14.7. The Morgan fingerprint density at radius 1 is 1.39 bits per heavy atom. The first kappa shape index (κ1) is 14.6. The average molecular weight is 334 g/mol. The Bertz CT molecular complexity index is 708. The van der Waals surface area contributed by atoms with E-state index in [9.17, 15) is 4.79 Å². The number of nitrogens with zero attached hydrogens (tertiary/aromatic N) is 4. The van der Waals surface area contributed by atoms with Crippen LogP contribution in [0.5, 0.6) is 0 Å². The second kappa shape index (κ2) is 5.90. The van der Waals surface area contributed by atoms with E-state index in [1.165, 1.54) is 0 Å². The summed E-state index contributed by atoms with van der Waals surface area (Å²) >= 11 is 6.25. The Morgan fingerprint density at radius 2 is 2.26 bits per heavy atom. The number of hydrogen-bond acceptors (Lipinski definition) is 5. The van der Waals surface area contributed by atoms with Crippen molar-refractivity contribution in [3.05, 3.63) is 40.7 Å². The van der Waals surface area contributed by atoms with E-state index in [0.717, 1.165) is 17.0 Å². The molecule has 0 bridgehead atoms. The number of tetrazole rings is 1. The number of morpholine rings is 1. The number of carbonyl (C=O) groups is 1. The number of H-pyrrole nitrogens is 1. The Labute approximate surface area is 138 Å². The highest BCUT2D eigenvalue weighted by Crippen LogP contribution is 2.51. The summed E-state index contributed by atoms with van der Waals surface area (Å²) in [6.07, 6.45) is 0.832. The minimum absolute atomic E-state index is 0.0256. The number of aromatic amines is 1. The van der Waals surface area contributed by atoms with E-state index in [-0.39, 0.29) is 23.8 Å². The standard InChI is InChI=1S/C15H16ClN5O2/c16-12-4-2-1-3-9(12)10-7-11(10)15(22)21-5-6-23-8-13(21)14-17-19-20-18-14/h1-4,10-11,13H,5-8H2,(H,17,18,19,20)/t10-,11+,13?/m0/s1. The molecule has 1 aliphatic heterocycles. The normalized spacial score (nSPS) is 27.0. The number of halogens is 1. The van der Waals surface area contributed by atoms with Crippen LogP contribution in [0.25, 0.3) is 0 Å². The van der Waals surface area contributed by atoms with Crippen molar-refractivity contribution in [1.29, 1.82) is 0 Å². The summed E-state index contributed by atoms with van der Waals surface area (Å²) in [6, 6.07) is 7.45. The Hall–Kier alpha value is -1.99. The maximum Gasteiger partial charge on any atom is 0.227 e. The molecule has 2 aliphatic rings. The fourth-order valence-electron chi connectivity index (χ4n) is 3.19. The Balaban J connectivity index is 1.51. The third kappa shape index (κ3) is 2.70. The van der Waals surface area contributed by atoms with Gasteiger partial charge in [0.25, 0.3) is 0 Å². The topological polar surface area (TPSA) is 84.0 Å². The molecule has 120 valence electrons. The minimum atomic E-state index is -0.275. The molecule has 1 aliphatic carbocycles. The van der Waals surface area contributed by atoms with Crippen LogP contribution in [0.1, 0.15) is 29.8 Å². The molecular formula is C15H16ClN5O2. The summed E-state index contributed by atoms with van der Waals surface area (Å²) in [5, 5.41) is 14.7. The average Bonchev–Trinajstić information content (AvgIpc) is 3.18. The highest BCUT2D eigenvalue weighted by Gasteiger charge is 2.48.